The number of aromatic nitrogens is 4. The molecular weight excluding hydrogens is 741 g/mol. The minimum Gasteiger partial charge on any atom is -0.309 e. The SMILES string of the molecule is c1ccc(-c2ccc(-c3nc(-c4ccc(-c5c6ccccc6cc6c5ccc5ccccc56)cc4)nc(-c4ccc5c(c4)c4ccccc4n5-c4ccccc4)n3)cc2)cc1. The van der Waals surface area contributed by atoms with Crippen LogP contribution in [0, 0.1) is 0 Å². The number of fused-ring (bicyclic) bond motifs is 7. The van der Waals surface area contributed by atoms with Crippen molar-refractivity contribution in [3.8, 4) is 62.1 Å². The molecule has 0 bridgehead atoms. The third-order valence-corrected chi connectivity index (χ3v) is 12.0. The molecule has 10 aromatic carbocycles. The van der Waals surface area contributed by atoms with Gasteiger partial charge in [-0.15, -0.1) is 0 Å². The number of hydrogen-bond donors (Lipinski definition) is 0. The summed E-state index contributed by atoms with van der Waals surface area (Å²) in [6.45, 7) is 0. The molecule has 12 aromatic rings. The maximum Gasteiger partial charge on any atom is 0.164 e. The number of hydrogen-bond acceptors (Lipinski definition) is 3. The maximum absolute atomic E-state index is 5.22. The Labute approximate surface area is 352 Å². The summed E-state index contributed by atoms with van der Waals surface area (Å²) in [5.74, 6) is 1.88. The Morgan fingerprint density at radius 2 is 0.770 bits per heavy atom. The third-order valence-electron chi connectivity index (χ3n) is 12.0. The molecular formula is C57H36N4. The van der Waals surface area contributed by atoms with Crippen LogP contribution in [0.15, 0.2) is 218 Å². The van der Waals surface area contributed by atoms with Crippen LogP contribution in [0.2, 0.25) is 0 Å². The van der Waals surface area contributed by atoms with Gasteiger partial charge in [-0.25, -0.2) is 15.0 Å². The van der Waals surface area contributed by atoms with Crippen molar-refractivity contribution in [1.82, 2.24) is 19.5 Å². The predicted molar refractivity (Wildman–Crippen MR) is 254 cm³/mol. The zero-order chi connectivity index (χ0) is 40.3. The van der Waals surface area contributed by atoms with E-state index in [-0.39, 0.29) is 0 Å². The van der Waals surface area contributed by atoms with Crippen LogP contribution >= 0.6 is 0 Å². The first kappa shape index (κ1) is 34.8. The second kappa shape index (κ2) is 14.3. The minimum absolute atomic E-state index is 0.624. The molecule has 0 aliphatic carbocycles. The van der Waals surface area contributed by atoms with Crippen LogP contribution in [0.3, 0.4) is 0 Å². The van der Waals surface area contributed by atoms with Crippen LogP contribution in [0.1, 0.15) is 0 Å². The lowest BCUT2D eigenvalue weighted by Crippen LogP contribution is -2.00. The van der Waals surface area contributed by atoms with Crippen LogP contribution in [-0.4, -0.2) is 19.5 Å². The van der Waals surface area contributed by atoms with Crippen molar-refractivity contribution < 1.29 is 0 Å². The summed E-state index contributed by atoms with van der Waals surface area (Å²) in [6, 6.07) is 77.6. The van der Waals surface area contributed by atoms with Crippen molar-refractivity contribution in [3.63, 3.8) is 0 Å². The van der Waals surface area contributed by atoms with E-state index in [1.165, 1.54) is 48.8 Å². The Bertz CT molecular complexity index is 3610. The second-order valence-electron chi connectivity index (χ2n) is 15.6. The average molecular weight is 777 g/mol. The van der Waals surface area contributed by atoms with Gasteiger partial charge in [-0.3, -0.25) is 0 Å². The van der Waals surface area contributed by atoms with Crippen molar-refractivity contribution >= 4 is 54.1 Å². The zero-order valence-corrected chi connectivity index (χ0v) is 33.1. The fourth-order valence-electron chi connectivity index (χ4n) is 9.09. The van der Waals surface area contributed by atoms with Gasteiger partial charge in [-0.1, -0.05) is 176 Å². The number of rotatable bonds is 6. The van der Waals surface area contributed by atoms with Crippen LogP contribution in [-0.2, 0) is 0 Å². The van der Waals surface area contributed by atoms with Gasteiger partial charge in [0.2, 0.25) is 0 Å². The van der Waals surface area contributed by atoms with Crippen molar-refractivity contribution in [2.75, 3.05) is 0 Å². The van der Waals surface area contributed by atoms with Gasteiger partial charge in [0, 0.05) is 33.2 Å². The molecule has 0 amide bonds. The molecule has 0 unspecified atom stereocenters. The molecule has 0 N–H and O–H groups in total. The summed E-state index contributed by atoms with van der Waals surface area (Å²) in [5.41, 5.74) is 10.9. The van der Waals surface area contributed by atoms with Gasteiger partial charge < -0.3 is 4.57 Å². The summed E-state index contributed by atoms with van der Waals surface area (Å²) in [5, 5.41) is 9.76. The molecule has 0 saturated heterocycles. The molecule has 0 aliphatic heterocycles. The molecule has 0 fully saturated rings. The number of nitrogens with zero attached hydrogens (tertiary/aromatic N) is 4. The first-order chi connectivity index (χ1) is 30.2. The fourth-order valence-corrected chi connectivity index (χ4v) is 9.09. The van der Waals surface area contributed by atoms with Crippen LogP contribution < -0.4 is 0 Å². The zero-order valence-electron chi connectivity index (χ0n) is 33.1. The Balaban J connectivity index is 1.02. The Kier molecular flexibility index (Phi) is 8.13. The molecule has 61 heavy (non-hydrogen) atoms. The molecule has 284 valence electrons. The number of benzene rings is 10. The van der Waals surface area contributed by atoms with E-state index >= 15 is 0 Å². The molecule has 0 saturated carbocycles. The molecule has 4 nitrogen and oxygen atoms in total. The molecule has 0 radical (unpaired) electrons. The monoisotopic (exact) mass is 776 g/mol. The van der Waals surface area contributed by atoms with Gasteiger partial charge in [0.25, 0.3) is 0 Å². The Morgan fingerprint density at radius 1 is 0.262 bits per heavy atom. The summed E-state index contributed by atoms with van der Waals surface area (Å²) < 4.78 is 2.33. The predicted octanol–water partition coefficient (Wildman–Crippen LogP) is 14.8. The van der Waals surface area contributed by atoms with Gasteiger partial charge in [0.05, 0.1) is 11.0 Å². The van der Waals surface area contributed by atoms with E-state index in [1.54, 1.807) is 0 Å². The van der Waals surface area contributed by atoms with Crippen LogP contribution in [0.5, 0.6) is 0 Å². The van der Waals surface area contributed by atoms with E-state index in [9.17, 15) is 0 Å². The molecule has 2 aromatic heterocycles. The van der Waals surface area contributed by atoms with Gasteiger partial charge in [-0.05, 0) is 97.0 Å². The lowest BCUT2D eigenvalue weighted by atomic mass is 9.89. The molecule has 0 aliphatic rings. The van der Waals surface area contributed by atoms with E-state index in [2.05, 4.69) is 217 Å². The Hall–Kier alpha value is -8.21. The number of para-hydroxylation sites is 2. The van der Waals surface area contributed by atoms with Gasteiger partial charge in [0.1, 0.15) is 0 Å². The van der Waals surface area contributed by atoms with Crippen molar-refractivity contribution in [2.24, 2.45) is 0 Å². The molecule has 0 atom stereocenters. The minimum atomic E-state index is 0.624. The fraction of sp³-hybridized carbons (Fsp3) is 0. The van der Waals surface area contributed by atoms with Crippen LogP contribution in [0.25, 0.3) is 116 Å². The van der Waals surface area contributed by atoms with Gasteiger partial charge in [-0.2, -0.15) is 0 Å². The largest absolute Gasteiger partial charge is 0.309 e. The van der Waals surface area contributed by atoms with E-state index < -0.39 is 0 Å². The highest BCUT2D eigenvalue weighted by Crippen LogP contribution is 2.40. The maximum atomic E-state index is 5.22. The van der Waals surface area contributed by atoms with Crippen LogP contribution in [0.4, 0.5) is 0 Å². The van der Waals surface area contributed by atoms with Gasteiger partial charge >= 0.3 is 0 Å². The normalized spacial score (nSPS) is 11.6. The molecule has 0 spiro atoms. The summed E-state index contributed by atoms with van der Waals surface area (Å²) in [6.07, 6.45) is 0. The van der Waals surface area contributed by atoms with Crippen molar-refractivity contribution in [1.29, 1.82) is 0 Å². The topological polar surface area (TPSA) is 43.6 Å². The quantitative estimate of drug-likeness (QED) is 0.125. The highest BCUT2D eigenvalue weighted by atomic mass is 15.0. The smallest absolute Gasteiger partial charge is 0.164 e. The van der Waals surface area contributed by atoms with E-state index in [4.69, 9.17) is 15.0 Å². The van der Waals surface area contributed by atoms with E-state index in [0.717, 1.165) is 49.9 Å². The highest BCUT2D eigenvalue weighted by Gasteiger charge is 2.18. The van der Waals surface area contributed by atoms with E-state index in [1.807, 2.05) is 6.07 Å². The average Bonchev–Trinajstić information content (AvgIpc) is 3.67. The standard InChI is InChI=1S/C57H36N4/c1-3-13-37(14-4-1)38-23-27-41(28-24-38)55-58-56(60-57(59-55)44-32-34-53-51(36-44)48-21-11-12-22-52(48)61(53)45-17-5-2-6-18-45)42-29-25-40(26-30-42)54-47-20-10-8-16-43(47)35-50-46-19-9-7-15-39(46)31-33-49(50)54/h1-36H. The lowest BCUT2D eigenvalue weighted by molar-refractivity contribution is 1.07. The van der Waals surface area contributed by atoms with E-state index in [0.29, 0.717) is 17.5 Å². The summed E-state index contributed by atoms with van der Waals surface area (Å²) in [4.78, 5) is 15.6. The second-order valence-corrected chi connectivity index (χ2v) is 15.6. The van der Waals surface area contributed by atoms with Crippen molar-refractivity contribution in [2.45, 2.75) is 0 Å². The third kappa shape index (κ3) is 5.96. The lowest BCUT2D eigenvalue weighted by Gasteiger charge is -2.14. The molecule has 4 heteroatoms. The summed E-state index contributed by atoms with van der Waals surface area (Å²) in [7, 11) is 0. The molecule has 2 heterocycles. The highest BCUT2D eigenvalue weighted by molar-refractivity contribution is 6.20. The first-order valence-corrected chi connectivity index (χ1v) is 20.7. The molecule has 12 rings (SSSR count). The summed E-state index contributed by atoms with van der Waals surface area (Å²) >= 11 is 0. The Morgan fingerprint density at radius 3 is 1.49 bits per heavy atom. The van der Waals surface area contributed by atoms with Gasteiger partial charge in [0.15, 0.2) is 17.5 Å². The first-order valence-electron chi connectivity index (χ1n) is 20.7. The van der Waals surface area contributed by atoms with Crippen molar-refractivity contribution in [3.05, 3.63) is 218 Å².